The highest BCUT2D eigenvalue weighted by molar-refractivity contribution is 5.77. The van der Waals surface area contributed by atoms with Crippen molar-refractivity contribution in [3.05, 3.63) is 40.6 Å². The van der Waals surface area contributed by atoms with Gasteiger partial charge in [-0.05, 0) is 26.0 Å². The molecule has 1 unspecified atom stereocenters. The number of pyridine rings is 1. The Morgan fingerprint density at radius 2 is 2.18 bits per heavy atom. The molecule has 0 saturated carbocycles. The van der Waals surface area contributed by atoms with Crippen LogP contribution in [0.2, 0.25) is 0 Å². The number of rotatable bonds is 6. The second-order valence-electron chi connectivity index (χ2n) is 6.66. The van der Waals surface area contributed by atoms with Gasteiger partial charge in [0.05, 0.1) is 30.7 Å². The third-order valence-electron chi connectivity index (χ3n) is 4.27. The zero-order chi connectivity index (χ0) is 20.3. The number of fused-ring (bicyclic) bond motifs is 1. The number of nitrogen functional groups attached to an aromatic ring is 1. The average molecular weight is 380 g/mol. The third-order valence-corrected chi connectivity index (χ3v) is 4.27. The molecule has 28 heavy (non-hydrogen) atoms. The fourth-order valence-electron chi connectivity index (χ4n) is 3.02. The summed E-state index contributed by atoms with van der Waals surface area (Å²) in [7, 11) is 1.89. The van der Waals surface area contributed by atoms with Crippen molar-refractivity contribution in [3.8, 4) is 11.8 Å². The second kappa shape index (κ2) is 8.10. The van der Waals surface area contributed by atoms with Crippen molar-refractivity contribution in [2.24, 2.45) is 5.73 Å². The molecule has 0 aliphatic carbocycles. The van der Waals surface area contributed by atoms with Gasteiger partial charge in [-0.25, -0.2) is 9.67 Å². The van der Waals surface area contributed by atoms with Crippen LogP contribution in [0.25, 0.3) is 11.0 Å². The van der Waals surface area contributed by atoms with E-state index in [4.69, 9.17) is 11.5 Å². The minimum Gasteiger partial charge on any atom is -0.397 e. The predicted molar refractivity (Wildman–Crippen MR) is 110 cm³/mol. The lowest BCUT2D eigenvalue weighted by atomic mass is 10.3. The monoisotopic (exact) mass is 380 g/mol. The number of hydrogen-bond donors (Lipinski definition) is 2. The van der Waals surface area contributed by atoms with Crippen molar-refractivity contribution >= 4 is 22.7 Å². The summed E-state index contributed by atoms with van der Waals surface area (Å²) < 4.78 is 3.14. The van der Waals surface area contributed by atoms with Crippen LogP contribution in [-0.4, -0.2) is 43.9 Å². The van der Waals surface area contributed by atoms with E-state index in [0.717, 1.165) is 0 Å². The van der Waals surface area contributed by atoms with Gasteiger partial charge in [0.15, 0.2) is 0 Å². The highest BCUT2D eigenvalue weighted by Crippen LogP contribution is 2.19. The van der Waals surface area contributed by atoms with Gasteiger partial charge in [0, 0.05) is 25.8 Å². The lowest BCUT2D eigenvalue weighted by Gasteiger charge is -2.20. The van der Waals surface area contributed by atoms with Gasteiger partial charge >= 0.3 is 0 Å². The van der Waals surface area contributed by atoms with E-state index in [1.165, 1.54) is 4.68 Å². The van der Waals surface area contributed by atoms with E-state index in [9.17, 15) is 4.79 Å². The molecule has 4 N–H and O–H groups in total. The van der Waals surface area contributed by atoms with Crippen LogP contribution in [0, 0.1) is 11.8 Å². The van der Waals surface area contributed by atoms with Gasteiger partial charge in [0.1, 0.15) is 11.0 Å². The molecule has 3 rings (SSSR count). The normalized spacial score (nSPS) is 11.9. The molecule has 0 saturated heterocycles. The Morgan fingerprint density at radius 1 is 1.39 bits per heavy atom. The first-order valence-electron chi connectivity index (χ1n) is 8.94. The minimum atomic E-state index is -0.270. The zero-order valence-electron chi connectivity index (χ0n) is 16.3. The molecule has 3 aromatic heterocycles. The summed E-state index contributed by atoms with van der Waals surface area (Å²) in [5, 5.41) is 4.25. The first kappa shape index (κ1) is 19.4. The summed E-state index contributed by atoms with van der Waals surface area (Å²) in [6.07, 6.45) is 3.21. The first-order valence-corrected chi connectivity index (χ1v) is 8.94. The Labute approximate surface area is 163 Å². The van der Waals surface area contributed by atoms with Crippen LogP contribution in [0.5, 0.6) is 0 Å². The van der Waals surface area contributed by atoms with Crippen molar-refractivity contribution < 1.29 is 0 Å². The summed E-state index contributed by atoms with van der Waals surface area (Å²) in [6, 6.07) is 3.45. The van der Waals surface area contributed by atoms with Crippen molar-refractivity contribution in [3.63, 3.8) is 0 Å². The number of imidazole rings is 1. The molecule has 0 aromatic carbocycles. The van der Waals surface area contributed by atoms with Crippen LogP contribution >= 0.6 is 0 Å². The molecular formula is C19H24N8O. The quantitative estimate of drug-likeness (QED) is 0.595. The van der Waals surface area contributed by atoms with Crippen LogP contribution < -0.4 is 21.9 Å². The van der Waals surface area contributed by atoms with Crippen molar-refractivity contribution in [1.29, 1.82) is 0 Å². The summed E-state index contributed by atoms with van der Waals surface area (Å²) in [6.45, 7) is 4.79. The molecule has 0 amide bonds. The van der Waals surface area contributed by atoms with Gasteiger partial charge in [0.2, 0.25) is 5.95 Å². The lowest BCUT2D eigenvalue weighted by Crippen LogP contribution is -2.34. The van der Waals surface area contributed by atoms with E-state index in [0.29, 0.717) is 41.5 Å². The number of likely N-dealkylation sites (N-methyl/N-ethyl adjacent to an activating group) is 1. The molecule has 0 aliphatic heterocycles. The average Bonchev–Trinajstić information content (AvgIpc) is 3.03. The van der Waals surface area contributed by atoms with E-state index < -0.39 is 0 Å². The van der Waals surface area contributed by atoms with Crippen molar-refractivity contribution in [2.75, 3.05) is 24.2 Å². The Bertz CT molecular complexity index is 1100. The Kier molecular flexibility index (Phi) is 5.61. The van der Waals surface area contributed by atoms with Gasteiger partial charge in [-0.2, -0.15) is 5.10 Å². The summed E-state index contributed by atoms with van der Waals surface area (Å²) in [4.78, 5) is 23.9. The number of hydrogen-bond acceptors (Lipinski definition) is 7. The molecule has 3 aromatic rings. The van der Waals surface area contributed by atoms with Crippen molar-refractivity contribution in [2.45, 2.75) is 33.0 Å². The maximum atomic E-state index is 13.2. The van der Waals surface area contributed by atoms with Gasteiger partial charge in [0.25, 0.3) is 5.56 Å². The molecule has 9 heteroatoms. The van der Waals surface area contributed by atoms with Crippen molar-refractivity contribution in [1.82, 2.24) is 24.3 Å². The molecule has 0 spiro atoms. The van der Waals surface area contributed by atoms with E-state index in [1.54, 1.807) is 36.0 Å². The van der Waals surface area contributed by atoms with E-state index in [-0.39, 0.29) is 18.1 Å². The molecule has 1 atom stereocenters. The van der Waals surface area contributed by atoms with Crippen LogP contribution in [0.1, 0.15) is 19.5 Å². The summed E-state index contributed by atoms with van der Waals surface area (Å²) in [5.41, 5.74) is 13.7. The number of nitrogens with two attached hydrogens (primary N) is 2. The number of aromatic nitrogens is 5. The SMILES string of the molecule is CC#CCn1c(N(C)CC(C)N)nc2cnn(Cc3ncccc3N)c(=O)c21. The highest BCUT2D eigenvalue weighted by Gasteiger charge is 2.19. The maximum absolute atomic E-state index is 13.2. The smallest absolute Gasteiger partial charge is 0.293 e. The third kappa shape index (κ3) is 3.82. The zero-order valence-corrected chi connectivity index (χ0v) is 16.3. The Morgan fingerprint density at radius 3 is 2.86 bits per heavy atom. The van der Waals surface area contributed by atoms with E-state index in [2.05, 4.69) is 26.9 Å². The maximum Gasteiger partial charge on any atom is 0.293 e. The molecule has 0 radical (unpaired) electrons. The molecule has 0 bridgehead atoms. The van der Waals surface area contributed by atoms with Crippen LogP contribution in [0.3, 0.4) is 0 Å². The number of nitrogens with zero attached hydrogens (tertiary/aromatic N) is 6. The standard InChI is InChI=1S/C19H24N8O/c1-4-5-9-26-17-15(24-19(26)25(3)11-13(2)20)10-23-27(18(17)28)12-16-14(21)7-6-8-22-16/h6-8,10,13H,9,11-12,20-21H2,1-3H3. The fourth-order valence-corrected chi connectivity index (χ4v) is 3.02. The molecule has 3 heterocycles. The Balaban J connectivity index is 2.13. The van der Waals surface area contributed by atoms with Gasteiger partial charge in [-0.1, -0.05) is 5.92 Å². The topological polar surface area (TPSA) is 121 Å². The lowest BCUT2D eigenvalue weighted by molar-refractivity contribution is 0.632. The minimum absolute atomic E-state index is 0.0440. The van der Waals surface area contributed by atoms with Crippen LogP contribution in [0.15, 0.2) is 29.3 Å². The molecule has 9 nitrogen and oxygen atoms in total. The fraction of sp³-hybridized carbons (Fsp3) is 0.368. The van der Waals surface area contributed by atoms with Crippen LogP contribution in [-0.2, 0) is 13.1 Å². The molecule has 146 valence electrons. The highest BCUT2D eigenvalue weighted by atomic mass is 16.1. The number of anilines is 2. The molecule has 0 fully saturated rings. The largest absolute Gasteiger partial charge is 0.397 e. The molecular weight excluding hydrogens is 356 g/mol. The van der Waals surface area contributed by atoms with Gasteiger partial charge in [-0.3, -0.25) is 14.3 Å². The van der Waals surface area contributed by atoms with Gasteiger partial charge < -0.3 is 16.4 Å². The summed E-state index contributed by atoms with van der Waals surface area (Å²) >= 11 is 0. The van der Waals surface area contributed by atoms with Gasteiger partial charge in [-0.15, -0.1) is 5.92 Å². The first-order chi connectivity index (χ1) is 13.4. The summed E-state index contributed by atoms with van der Waals surface area (Å²) in [5.74, 6) is 6.51. The molecule has 0 aliphatic rings. The predicted octanol–water partition coefficient (Wildman–Crippen LogP) is 0.425. The second-order valence-corrected chi connectivity index (χ2v) is 6.66. The van der Waals surface area contributed by atoms with Crippen LogP contribution in [0.4, 0.5) is 11.6 Å². The Hall–Kier alpha value is -3.38. The van der Waals surface area contributed by atoms with E-state index >= 15 is 0 Å². The van der Waals surface area contributed by atoms with E-state index in [1.807, 2.05) is 18.9 Å².